The zero-order valence-electron chi connectivity index (χ0n) is 11.7. The minimum absolute atomic E-state index is 0.00937. The molecule has 1 amide bonds. The lowest BCUT2D eigenvalue weighted by Gasteiger charge is -2.37. The van der Waals surface area contributed by atoms with Crippen LogP contribution in [0, 0.1) is 6.92 Å². The van der Waals surface area contributed by atoms with Gasteiger partial charge in [-0.3, -0.25) is 4.79 Å². The summed E-state index contributed by atoms with van der Waals surface area (Å²) in [5.74, 6) is 1.11. The molecule has 1 aliphatic rings. The summed E-state index contributed by atoms with van der Waals surface area (Å²) >= 11 is 0. The average Bonchev–Trinajstić information content (AvgIpc) is 2.80. The molecular formula is C14H21NO4. The molecule has 0 bridgehead atoms. The van der Waals surface area contributed by atoms with E-state index in [1.165, 1.54) is 0 Å². The van der Waals surface area contributed by atoms with Gasteiger partial charge in [-0.05, 0) is 19.9 Å². The number of rotatable bonds is 3. The summed E-state index contributed by atoms with van der Waals surface area (Å²) in [5, 5.41) is 9.16. The fourth-order valence-electron chi connectivity index (χ4n) is 2.28. The van der Waals surface area contributed by atoms with Crippen molar-refractivity contribution >= 4 is 5.91 Å². The molecule has 2 rings (SSSR count). The molecule has 1 aliphatic heterocycles. The molecule has 0 radical (unpaired) electrons. The second-order valence-electron chi connectivity index (χ2n) is 5.02. The number of hydrogen-bond donors (Lipinski definition) is 1. The predicted octanol–water partition coefficient (Wildman–Crippen LogP) is 1.37. The SMILES string of the molecule is CCc1cc(C)c(C(=O)N2C[C@@H](CO)OC[C@H]2C)o1. The van der Waals surface area contributed by atoms with Gasteiger partial charge in [0.1, 0.15) is 5.76 Å². The Hall–Kier alpha value is -1.33. The largest absolute Gasteiger partial charge is 0.456 e. The fourth-order valence-corrected chi connectivity index (χ4v) is 2.28. The van der Waals surface area contributed by atoms with Crippen LogP contribution < -0.4 is 0 Å². The van der Waals surface area contributed by atoms with Crippen LogP contribution in [0.5, 0.6) is 0 Å². The van der Waals surface area contributed by atoms with Crippen LogP contribution in [0.1, 0.15) is 35.7 Å². The van der Waals surface area contributed by atoms with Gasteiger partial charge in [-0.1, -0.05) is 6.92 Å². The van der Waals surface area contributed by atoms with E-state index in [4.69, 9.17) is 14.3 Å². The Morgan fingerprint density at radius 1 is 1.58 bits per heavy atom. The van der Waals surface area contributed by atoms with Gasteiger partial charge in [0, 0.05) is 18.5 Å². The molecule has 0 saturated carbocycles. The van der Waals surface area contributed by atoms with Crippen LogP contribution >= 0.6 is 0 Å². The standard InChI is InChI=1S/C14H21NO4/c1-4-11-5-9(2)13(19-11)14(17)15-6-12(7-16)18-8-10(15)3/h5,10,12,16H,4,6-8H2,1-3H3/t10-,12+/m1/s1. The lowest BCUT2D eigenvalue weighted by molar-refractivity contribution is -0.0674. The average molecular weight is 267 g/mol. The molecule has 1 aromatic heterocycles. The molecule has 19 heavy (non-hydrogen) atoms. The molecule has 1 N–H and O–H groups in total. The normalized spacial score (nSPS) is 23.7. The quantitative estimate of drug-likeness (QED) is 0.898. The van der Waals surface area contributed by atoms with Gasteiger partial charge in [-0.15, -0.1) is 0 Å². The Bertz CT molecular complexity index is 454. The molecule has 106 valence electrons. The second-order valence-corrected chi connectivity index (χ2v) is 5.02. The third-order valence-corrected chi connectivity index (χ3v) is 3.48. The smallest absolute Gasteiger partial charge is 0.290 e. The van der Waals surface area contributed by atoms with Crippen molar-refractivity contribution in [3.05, 3.63) is 23.2 Å². The summed E-state index contributed by atoms with van der Waals surface area (Å²) in [6, 6.07) is 1.90. The molecular weight excluding hydrogens is 246 g/mol. The first-order valence-electron chi connectivity index (χ1n) is 6.69. The van der Waals surface area contributed by atoms with Crippen molar-refractivity contribution in [3.8, 4) is 0 Å². The number of amides is 1. The number of carbonyl (C=O) groups excluding carboxylic acids is 1. The van der Waals surface area contributed by atoms with Crippen molar-refractivity contribution in [2.45, 2.75) is 39.3 Å². The number of carbonyl (C=O) groups is 1. The van der Waals surface area contributed by atoms with Crippen molar-refractivity contribution in [1.29, 1.82) is 0 Å². The summed E-state index contributed by atoms with van der Waals surface area (Å²) in [5.41, 5.74) is 0.862. The van der Waals surface area contributed by atoms with E-state index >= 15 is 0 Å². The van der Waals surface area contributed by atoms with Crippen LogP contribution in [-0.4, -0.2) is 47.8 Å². The number of furan rings is 1. The Labute approximate surface area is 113 Å². The molecule has 5 heteroatoms. The number of aliphatic hydroxyl groups excluding tert-OH is 1. The second kappa shape index (κ2) is 5.75. The number of nitrogens with zero attached hydrogens (tertiary/aromatic N) is 1. The number of morpholine rings is 1. The first kappa shape index (κ1) is 14.1. The van der Waals surface area contributed by atoms with Gasteiger partial charge in [-0.2, -0.15) is 0 Å². The van der Waals surface area contributed by atoms with Crippen molar-refractivity contribution in [3.63, 3.8) is 0 Å². The van der Waals surface area contributed by atoms with Crippen LogP contribution in [0.15, 0.2) is 10.5 Å². The van der Waals surface area contributed by atoms with E-state index in [9.17, 15) is 4.79 Å². The molecule has 0 aliphatic carbocycles. The lowest BCUT2D eigenvalue weighted by atomic mass is 10.1. The molecule has 1 aromatic rings. The van der Waals surface area contributed by atoms with Crippen LogP contribution in [0.25, 0.3) is 0 Å². The van der Waals surface area contributed by atoms with Crippen molar-refractivity contribution in [1.82, 2.24) is 4.90 Å². The van der Waals surface area contributed by atoms with Gasteiger partial charge in [0.05, 0.1) is 25.4 Å². The predicted molar refractivity (Wildman–Crippen MR) is 70.1 cm³/mol. The highest BCUT2D eigenvalue weighted by molar-refractivity contribution is 5.93. The van der Waals surface area contributed by atoms with Crippen molar-refractivity contribution < 1.29 is 19.1 Å². The van der Waals surface area contributed by atoms with E-state index in [-0.39, 0.29) is 24.7 Å². The first-order chi connectivity index (χ1) is 9.06. The van der Waals surface area contributed by atoms with Crippen LogP contribution in [-0.2, 0) is 11.2 Å². The Balaban J connectivity index is 2.19. The van der Waals surface area contributed by atoms with E-state index < -0.39 is 0 Å². The Kier molecular flexibility index (Phi) is 4.27. The Morgan fingerprint density at radius 3 is 2.89 bits per heavy atom. The maximum atomic E-state index is 12.5. The Morgan fingerprint density at radius 2 is 2.32 bits per heavy atom. The molecule has 5 nitrogen and oxygen atoms in total. The monoisotopic (exact) mass is 267 g/mol. The van der Waals surface area contributed by atoms with Gasteiger partial charge in [0.15, 0.2) is 5.76 Å². The molecule has 0 unspecified atom stereocenters. The summed E-state index contributed by atoms with van der Waals surface area (Å²) in [4.78, 5) is 14.2. The van der Waals surface area contributed by atoms with E-state index in [1.54, 1.807) is 4.90 Å². The van der Waals surface area contributed by atoms with Crippen LogP contribution in [0.3, 0.4) is 0 Å². The minimum atomic E-state index is -0.305. The summed E-state index contributed by atoms with van der Waals surface area (Å²) < 4.78 is 11.0. The third kappa shape index (κ3) is 2.82. The topological polar surface area (TPSA) is 62.9 Å². The highest BCUT2D eigenvalue weighted by Crippen LogP contribution is 2.21. The number of aryl methyl sites for hydroxylation is 2. The van der Waals surface area contributed by atoms with E-state index in [0.29, 0.717) is 18.9 Å². The highest BCUT2D eigenvalue weighted by Gasteiger charge is 2.32. The van der Waals surface area contributed by atoms with Gasteiger partial charge in [0.25, 0.3) is 5.91 Å². The van der Waals surface area contributed by atoms with Crippen LogP contribution in [0.2, 0.25) is 0 Å². The van der Waals surface area contributed by atoms with Crippen molar-refractivity contribution in [2.75, 3.05) is 19.8 Å². The van der Waals surface area contributed by atoms with E-state index in [1.807, 2.05) is 26.8 Å². The lowest BCUT2D eigenvalue weighted by Crippen LogP contribution is -2.52. The summed E-state index contributed by atoms with van der Waals surface area (Å²) in [7, 11) is 0. The van der Waals surface area contributed by atoms with Gasteiger partial charge >= 0.3 is 0 Å². The fraction of sp³-hybridized carbons (Fsp3) is 0.643. The van der Waals surface area contributed by atoms with Crippen LogP contribution in [0.4, 0.5) is 0 Å². The van der Waals surface area contributed by atoms with Gasteiger partial charge in [0.2, 0.25) is 0 Å². The third-order valence-electron chi connectivity index (χ3n) is 3.48. The number of ether oxygens (including phenoxy) is 1. The maximum Gasteiger partial charge on any atom is 0.290 e. The number of aliphatic hydroxyl groups is 1. The molecule has 2 atom stereocenters. The minimum Gasteiger partial charge on any atom is -0.456 e. The molecule has 2 heterocycles. The summed E-state index contributed by atoms with van der Waals surface area (Å²) in [6.07, 6.45) is 0.465. The maximum absolute atomic E-state index is 12.5. The van der Waals surface area contributed by atoms with E-state index in [2.05, 4.69) is 0 Å². The summed E-state index contributed by atoms with van der Waals surface area (Å²) in [6.45, 7) is 6.57. The molecule has 1 saturated heterocycles. The first-order valence-corrected chi connectivity index (χ1v) is 6.69. The molecule has 0 spiro atoms. The highest BCUT2D eigenvalue weighted by atomic mass is 16.5. The molecule has 0 aromatic carbocycles. The van der Waals surface area contributed by atoms with Gasteiger partial charge in [-0.25, -0.2) is 0 Å². The molecule has 1 fully saturated rings. The number of hydrogen-bond acceptors (Lipinski definition) is 4. The zero-order chi connectivity index (χ0) is 14.0. The van der Waals surface area contributed by atoms with Crippen molar-refractivity contribution in [2.24, 2.45) is 0 Å². The van der Waals surface area contributed by atoms with Gasteiger partial charge < -0.3 is 19.2 Å². The zero-order valence-corrected chi connectivity index (χ0v) is 11.7. The van der Waals surface area contributed by atoms with E-state index in [0.717, 1.165) is 17.7 Å².